The number of nitrogens with zero attached hydrogens (tertiary/aromatic N) is 3. The summed E-state index contributed by atoms with van der Waals surface area (Å²) in [6.07, 6.45) is 3.66. The van der Waals surface area contributed by atoms with Gasteiger partial charge in [0.25, 0.3) is 0 Å². The van der Waals surface area contributed by atoms with E-state index in [1.807, 2.05) is 18.2 Å². The lowest BCUT2D eigenvalue weighted by atomic mass is 10.0. The first kappa shape index (κ1) is 15.8. The molecule has 4 heteroatoms. The van der Waals surface area contributed by atoms with Crippen molar-refractivity contribution in [1.82, 2.24) is 10.2 Å². The van der Waals surface area contributed by atoms with Crippen LogP contribution in [0.3, 0.4) is 0 Å². The maximum absolute atomic E-state index is 13.2. The molecule has 3 nitrogen and oxygen atoms in total. The molecule has 1 aliphatic rings. The summed E-state index contributed by atoms with van der Waals surface area (Å²) >= 11 is 0. The average molecular weight is 333 g/mol. The molecule has 1 fully saturated rings. The molecule has 0 amide bonds. The molecule has 3 aromatic rings. The lowest BCUT2D eigenvalue weighted by molar-refractivity contribution is 0.572. The average Bonchev–Trinajstić information content (AvgIpc) is 2.69. The van der Waals surface area contributed by atoms with E-state index in [2.05, 4.69) is 33.3 Å². The van der Waals surface area contributed by atoms with Gasteiger partial charge in [0.2, 0.25) is 0 Å². The Morgan fingerprint density at radius 2 is 1.48 bits per heavy atom. The van der Waals surface area contributed by atoms with E-state index < -0.39 is 0 Å². The highest BCUT2D eigenvalue weighted by atomic mass is 19.1. The van der Waals surface area contributed by atoms with Crippen LogP contribution < -0.4 is 4.90 Å². The number of halogens is 1. The summed E-state index contributed by atoms with van der Waals surface area (Å²) in [6.45, 7) is 2.04. The molecule has 1 saturated heterocycles. The molecule has 0 spiro atoms. The summed E-state index contributed by atoms with van der Waals surface area (Å²) in [5.74, 6) is 0.696. The monoisotopic (exact) mass is 333 g/mol. The van der Waals surface area contributed by atoms with Crippen LogP contribution in [-0.2, 0) is 0 Å². The molecule has 0 radical (unpaired) electrons. The fourth-order valence-electron chi connectivity index (χ4n) is 3.32. The van der Waals surface area contributed by atoms with Gasteiger partial charge in [0, 0.05) is 24.2 Å². The van der Waals surface area contributed by atoms with E-state index >= 15 is 0 Å². The molecule has 0 saturated carbocycles. The van der Waals surface area contributed by atoms with Crippen LogP contribution in [-0.4, -0.2) is 23.3 Å². The molecule has 1 aromatic heterocycles. The predicted octanol–water partition coefficient (Wildman–Crippen LogP) is 4.94. The van der Waals surface area contributed by atoms with Gasteiger partial charge in [0.05, 0.1) is 5.69 Å². The number of piperidine rings is 1. The Hall–Kier alpha value is -2.75. The van der Waals surface area contributed by atoms with E-state index in [1.54, 1.807) is 12.1 Å². The maximum Gasteiger partial charge on any atom is 0.159 e. The predicted molar refractivity (Wildman–Crippen MR) is 98.9 cm³/mol. The van der Waals surface area contributed by atoms with Crippen molar-refractivity contribution in [3.05, 3.63) is 66.5 Å². The lowest BCUT2D eigenvalue weighted by Crippen LogP contribution is -2.30. The highest BCUT2D eigenvalue weighted by molar-refractivity contribution is 5.79. The van der Waals surface area contributed by atoms with Gasteiger partial charge in [-0.05, 0) is 55.2 Å². The first-order valence-corrected chi connectivity index (χ1v) is 8.75. The zero-order valence-electron chi connectivity index (χ0n) is 14.0. The largest absolute Gasteiger partial charge is 0.355 e. The normalized spacial score (nSPS) is 14.5. The van der Waals surface area contributed by atoms with Gasteiger partial charge in [-0.1, -0.05) is 30.3 Å². The maximum atomic E-state index is 13.2. The molecule has 0 unspecified atom stereocenters. The minimum atomic E-state index is -0.245. The lowest BCUT2D eigenvalue weighted by Gasteiger charge is -2.29. The fourth-order valence-corrected chi connectivity index (χ4v) is 3.32. The minimum absolute atomic E-state index is 0.245. The summed E-state index contributed by atoms with van der Waals surface area (Å²) in [4.78, 5) is 2.33. The highest BCUT2D eigenvalue weighted by Gasteiger charge is 2.18. The SMILES string of the molecule is Fc1ccc(-c2cc(-c3ccccc3)c(N3CCCCC3)nn2)cc1. The summed E-state index contributed by atoms with van der Waals surface area (Å²) in [6, 6.07) is 18.7. The van der Waals surface area contributed by atoms with Crippen molar-refractivity contribution in [2.45, 2.75) is 19.3 Å². The van der Waals surface area contributed by atoms with Crippen LogP contribution in [0.25, 0.3) is 22.4 Å². The van der Waals surface area contributed by atoms with Gasteiger partial charge in [-0.2, -0.15) is 0 Å². The molecular weight excluding hydrogens is 313 g/mol. The Bertz CT molecular complexity index is 841. The van der Waals surface area contributed by atoms with Crippen LogP contribution in [0.15, 0.2) is 60.7 Å². The first-order chi connectivity index (χ1) is 12.3. The van der Waals surface area contributed by atoms with Gasteiger partial charge < -0.3 is 4.90 Å². The third-order valence-electron chi connectivity index (χ3n) is 4.65. The van der Waals surface area contributed by atoms with Crippen molar-refractivity contribution in [2.75, 3.05) is 18.0 Å². The molecule has 2 heterocycles. The van der Waals surface area contributed by atoms with E-state index in [4.69, 9.17) is 0 Å². The molecule has 25 heavy (non-hydrogen) atoms. The van der Waals surface area contributed by atoms with Gasteiger partial charge >= 0.3 is 0 Å². The number of benzene rings is 2. The number of hydrogen-bond donors (Lipinski definition) is 0. The van der Waals surface area contributed by atoms with E-state index in [0.29, 0.717) is 0 Å². The Balaban J connectivity index is 1.80. The first-order valence-electron chi connectivity index (χ1n) is 8.75. The van der Waals surface area contributed by atoms with E-state index in [-0.39, 0.29) is 5.82 Å². The van der Waals surface area contributed by atoms with E-state index in [9.17, 15) is 4.39 Å². The van der Waals surface area contributed by atoms with E-state index in [0.717, 1.165) is 41.3 Å². The van der Waals surface area contributed by atoms with Crippen molar-refractivity contribution < 1.29 is 4.39 Å². The molecule has 4 rings (SSSR count). The molecule has 1 aliphatic heterocycles. The summed E-state index contributed by atoms with van der Waals surface area (Å²) in [7, 11) is 0. The second-order valence-electron chi connectivity index (χ2n) is 6.39. The van der Waals surface area contributed by atoms with Crippen molar-refractivity contribution in [1.29, 1.82) is 0 Å². The van der Waals surface area contributed by atoms with Gasteiger partial charge in [0.1, 0.15) is 5.82 Å². The summed E-state index contributed by atoms with van der Waals surface area (Å²) < 4.78 is 13.2. The molecule has 126 valence electrons. The van der Waals surface area contributed by atoms with Crippen LogP contribution >= 0.6 is 0 Å². The fraction of sp³-hybridized carbons (Fsp3) is 0.238. The van der Waals surface area contributed by atoms with E-state index in [1.165, 1.54) is 31.4 Å². The molecule has 0 aliphatic carbocycles. The third kappa shape index (κ3) is 3.38. The molecule has 2 aromatic carbocycles. The second-order valence-corrected chi connectivity index (χ2v) is 6.39. The van der Waals surface area contributed by atoms with Gasteiger partial charge in [-0.3, -0.25) is 0 Å². The third-order valence-corrected chi connectivity index (χ3v) is 4.65. The van der Waals surface area contributed by atoms with Crippen molar-refractivity contribution in [3.63, 3.8) is 0 Å². The Morgan fingerprint density at radius 3 is 2.20 bits per heavy atom. The van der Waals surface area contributed by atoms with Crippen LogP contribution in [0.1, 0.15) is 19.3 Å². The van der Waals surface area contributed by atoms with Crippen LogP contribution in [0, 0.1) is 5.82 Å². The van der Waals surface area contributed by atoms with Crippen LogP contribution in [0.4, 0.5) is 10.2 Å². The Morgan fingerprint density at radius 1 is 0.760 bits per heavy atom. The molecule has 0 atom stereocenters. The second kappa shape index (κ2) is 7.01. The number of rotatable bonds is 3. The van der Waals surface area contributed by atoms with Crippen molar-refractivity contribution >= 4 is 5.82 Å². The number of anilines is 1. The topological polar surface area (TPSA) is 29.0 Å². The molecule has 0 bridgehead atoms. The Labute approximate surface area is 147 Å². The summed E-state index contributed by atoms with van der Waals surface area (Å²) in [5.41, 5.74) is 3.84. The molecular formula is C21H20FN3. The van der Waals surface area contributed by atoms with Gasteiger partial charge in [-0.15, -0.1) is 10.2 Å². The zero-order chi connectivity index (χ0) is 17.1. The van der Waals surface area contributed by atoms with Crippen LogP contribution in [0.2, 0.25) is 0 Å². The smallest absolute Gasteiger partial charge is 0.159 e. The minimum Gasteiger partial charge on any atom is -0.355 e. The van der Waals surface area contributed by atoms with Crippen molar-refractivity contribution in [2.24, 2.45) is 0 Å². The van der Waals surface area contributed by atoms with Crippen molar-refractivity contribution in [3.8, 4) is 22.4 Å². The molecule has 0 N–H and O–H groups in total. The number of hydrogen-bond acceptors (Lipinski definition) is 3. The van der Waals surface area contributed by atoms with Gasteiger partial charge in [0.15, 0.2) is 5.82 Å². The number of aromatic nitrogens is 2. The summed E-state index contributed by atoms with van der Waals surface area (Å²) in [5, 5.41) is 8.99. The zero-order valence-corrected chi connectivity index (χ0v) is 14.0. The highest BCUT2D eigenvalue weighted by Crippen LogP contribution is 2.33. The quantitative estimate of drug-likeness (QED) is 0.680. The standard InChI is InChI=1S/C21H20FN3/c22-18-11-9-17(10-12-18)20-15-19(16-7-3-1-4-8-16)21(24-23-20)25-13-5-2-6-14-25/h1,3-4,7-12,15H,2,5-6,13-14H2. The van der Waals surface area contributed by atoms with Gasteiger partial charge in [-0.25, -0.2) is 4.39 Å². The van der Waals surface area contributed by atoms with Crippen LogP contribution in [0.5, 0.6) is 0 Å². The Kier molecular flexibility index (Phi) is 4.42.